The van der Waals surface area contributed by atoms with E-state index in [1.807, 2.05) is 0 Å². The Kier molecular flexibility index (Phi) is 3.17. The lowest BCUT2D eigenvalue weighted by Gasteiger charge is -2.29. The third kappa shape index (κ3) is 2.16. The summed E-state index contributed by atoms with van der Waals surface area (Å²) in [6, 6.07) is 2.88. The standard InChI is InChI=1S/C14H16FN3O2/c1-9-13(14(20)17-6-4-11(19)5-7-17)18-8-10(15)2-3-12(18)16-9/h2-3,8,11,19H,4-7H2,1H3. The van der Waals surface area contributed by atoms with Gasteiger partial charge in [0, 0.05) is 19.3 Å². The monoisotopic (exact) mass is 277 g/mol. The summed E-state index contributed by atoms with van der Waals surface area (Å²) in [5.41, 5.74) is 1.55. The van der Waals surface area contributed by atoms with Crippen LogP contribution in [0.4, 0.5) is 4.39 Å². The van der Waals surface area contributed by atoms with Gasteiger partial charge in [0.25, 0.3) is 5.91 Å². The zero-order valence-electron chi connectivity index (χ0n) is 11.2. The summed E-state index contributed by atoms with van der Waals surface area (Å²) in [6.45, 7) is 2.78. The van der Waals surface area contributed by atoms with Gasteiger partial charge in [-0.15, -0.1) is 0 Å². The molecule has 3 heterocycles. The van der Waals surface area contributed by atoms with Crippen molar-refractivity contribution >= 4 is 11.6 Å². The highest BCUT2D eigenvalue weighted by molar-refractivity contribution is 5.94. The largest absolute Gasteiger partial charge is 0.393 e. The van der Waals surface area contributed by atoms with Crippen LogP contribution in [-0.4, -0.2) is 44.5 Å². The molecular formula is C14H16FN3O2. The smallest absolute Gasteiger partial charge is 0.272 e. The summed E-state index contributed by atoms with van der Waals surface area (Å²) in [7, 11) is 0. The van der Waals surface area contributed by atoms with Gasteiger partial charge in [0.1, 0.15) is 17.2 Å². The molecule has 1 N–H and O–H groups in total. The maximum atomic E-state index is 13.4. The Hall–Kier alpha value is -1.95. The van der Waals surface area contributed by atoms with Gasteiger partial charge in [-0.3, -0.25) is 9.20 Å². The number of likely N-dealkylation sites (tertiary alicyclic amines) is 1. The molecule has 0 atom stereocenters. The molecule has 1 fully saturated rings. The van der Waals surface area contributed by atoms with E-state index in [0.29, 0.717) is 43.0 Å². The van der Waals surface area contributed by atoms with Gasteiger partial charge in [-0.05, 0) is 31.9 Å². The Balaban J connectivity index is 1.98. The van der Waals surface area contributed by atoms with Crippen LogP contribution in [0, 0.1) is 12.7 Å². The molecule has 1 amide bonds. The third-order valence-corrected chi connectivity index (χ3v) is 3.71. The number of aryl methyl sites for hydroxylation is 1. The average molecular weight is 277 g/mol. The first-order valence-electron chi connectivity index (χ1n) is 6.68. The number of aliphatic hydroxyl groups excluding tert-OH is 1. The number of carbonyl (C=O) groups excluding carboxylic acids is 1. The molecule has 20 heavy (non-hydrogen) atoms. The van der Waals surface area contributed by atoms with Gasteiger partial charge in [0.15, 0.2) is 0 Å². The van der Waals surface area contributed by atoms with Gasteiger partial charge < -0.3 is 10.0 Å². The minimum Gasteiger partial charge on any atom is -0.393 e. The maximum absolute atomic E-state index is 13.4. The van der Waals surface area contributed by atoms with E-state index in [2.05, 4.69) is 4.98 Å². The van der Waals surface area contributed by atoms with Gasteiger partial charge in [0.05, 0.1) is 11.8 Å². The van der Waals surface area contributed by atoms with Crippen molar-refractivity contribution in [3.05, 3.63) is 35.5 Å². The number of pyridine rings is 1. The quantitative estimate of drug-likeness (QED) is 0.856. The predicted molar refractivity (Wildman–Crippen MR) is 71.0 cm³/mol. The summed E-state index contributed by atoms with van der Waals surface area (Å²) in [5.74, 6) is -0.564. The summed E-state index contributed by atoms with van der Waals surface area (Å²) in [4.78, 5) is 18.5. The third-order valence-electron chi connectivity index (χ3n) is 3.71. The van der Waals surface area contributed by atoms with Crippen molar-refractivity contribution in [2.45, 2.75) is 25.9 Å². The van der Waals surface area contributed by atoms with Crippen molar-refractivity contribution in [3.63, 3.8) is 0 Å². The molecule has 0 saturated carbocycles. The fraction of sp³-hybridized carbons (Fsp3) is 0.429. The van der Waals surface area contributed by atoms with Crippen LogP contribution in [0.5, 0.6) is 0 Å². The molecule has 0 radical (unpaired) electrons. The molecule has 0 unspecified atom stereocenters. The molecular weight excluding hydrogens is 261 g/mol. The highest BCUT2D eigenvalue weighted by Gasteiger charge is 2.26. The highest BCUT2D eigenvalue weighted by atomic mass is 19.1. The van der Waals surface area contributed by atoms with E-state index >= 15 is 0 Å². The van der Waals surface area contributed by atoms with Crippen LogP contribution in [0.1, 0.15) is 29.0 Å². The van der Waals surface area contributed by atoms with Crippen LogP contribution < -0.4 is 0 Å². The maximum Gasteiger partial charge on any atom is 0.272 e. The molecule has 1 aliphatic rings. The Morgan fingerprint density at radius 1 is 1.40 bits per heavy atom. The average Bonchev–Trinajstić information content (AvgIpc) is 2.74. The van der Waals surface area contributed by atoms with Gasteiger partial charge in [-0.2, -0.15) is 0 Å². The van der Waals surface area contributed by atoms with Crippen LogP contribution in [0.3, 0.4) is 0 Å². The predicted octanol–water partition coefficient (Wildman–Crippen LogP) is 1.38. The minimum absolute atomic E-state index is 0.160. The Morgan fingerprint density at radius 3 is 2.80 bits per heavy atom. The molecule has 2 aromatic rings. The Labute approximate surface area is 115 Å². The van der Waals surface area contributed by atoms with Crippen molar-refractivity contribution in [1.82, 2.24) is 14.3 Å². The van der Waals surface area contributed by atoms with E-state index in [1.165, 1.54) is 16.7 Å². The number of aliphatic hydroxyl groups is 1. The molecule has 0 aromatic carbocycles. The number of nitrogens with zero attached hydrogens (tertiary/aromatic N) is 3. The SMILES string of the molecule is Cc1nc2ccc(F)cn2c1C(=O)N1CCC(O)CC1. The van der Waals surface area contributed by atoms with Crippen molar-refractivity contribution in [2.24, 2.45) is 0 Å². The molecule has 2 aromatic heterocycles. The molecule has 3 rings (SSSR count). The van der Waals surface area contributed by atoms with Crippen molar-refractivity contribution in [3.8, 4) is 0 Å². The van der Waals surface area contributed by atoms with Crippen LogP contribution in [0.2, 0.25) is 0 Å². The highest BCUT2D eigenvalue weighted by Crippen LogP contribution is 2.18. The first kappa shape index (κ1) is 13.1. The van der Waals surface area contributed by atoms with Crippen molar-refractivity contribution in [2.75, 3.05) is 13.1 Å². The summed E-state index contributed by atoms with van der Waals surface area (Å²) in [6.07, 6.45) is 2.10. The van der Waals surface area contributed by atoms with Crippen LogP contribution in [-0.2, 0) is 0 Å². The molecule has 0 aliphatic carbocycles. The van der Waals surface area contributed by atoms with Gasteiger partial charge in [0.2, 0.25) is 0 Å². The summed E-state index contributed by atoms with van der Waals surface area (Å²) >= 11 is 0. The lowest BCUT2D eigenvalue weighted by molar-refractivity contribution is 0.0540. The number of imidazole rings is 1. The molecule has 5 nitrogen and oxygen atoms in total. The Bertz CT molecular complexity index is 660. The van der Waals surface area contributed by atoms with E-state index in [4.69, 9.17) is 0 Å². The Morgan fingerprint density at radius 2 is 2.10 bits per heavy atom. The zero-order valence-corrected chi connectivity index (χ0v) is 11.2. The first-order chi connectivity index (χ1) is 9.56. The van der Waals surface area contributed by atoms with Crippen LogP contribution >= 0.6 is 0 Å². The molecule has 1 saturated heterocycles. The number of rotatable bonds is 1. The van der Waals surface area contributed by atoms with Crippen LogP contribution in [0.15, 0.2) is 18.3 Å². The van der Waals surface area contributed by atoms with Gasteiger partial charge >= 0.3 is 0 Å². The minimum atomic E-state index is -0.405. The molecule has 0 bridgehead atoms. The fourth-order valence-electron chi connectivity index (χ4n) is 2.61. The van der Waals surface area contributed by atoms with Crippen molar-refractivity contribution in [1.29, 1.82) is 0 Å². The summed E-state index contributed by atoms with van der Waals surface area (Å²) < 4.78 is 14.9. The number of hydrogen-bond acceptors (Lipinski definition) is 3. The van der Waals surface area contributed by atoms with E-state index in [9.17, 15) is 14.3 Å². The molecule has 1 aliphatic heterocycles. The second-order valence-electron chi connectivity index (χ2n) is 5.14. The first-order valence-corrected chi connectivity index (χ1v) is 6.68. The van der Waals surface area contributed by atoms with Gasteiger partial charge in [-0.25, -0.2) is 9.37 Å². The van der Waals surface area contributed by atoms with Crippen molar-refractivity contribution < 1.29 is 14.3 Å². The second kappa shape index (κ2) is 4.86. The number of piperidine rings is 1. The van der Waals surface area contributed by atoms with Crippen LogP contribution in [0.25, 0.3) is 5.65 Å². The normalized spacial score (nSPS) is 16.9. The van der Waals surface area contributed by atoms with E-state index in [0.717, 1.165) is 0 Å². The topological polar surface area (TPSA) is 57.8 Å². The molecule has 106 valence electrons. The molecule has 0 spiro atoms. The second-order valence-corrected chi connectivity index (χ2v) is 5.14. The lowest BCUT2D eigenvalue weighted by atomic mass is 10.1. The number of aromatic nitrogens is 2. The number of amides is 1. The van der Waals surface area contributed by atoms with E-state index < -0.39 is 5.82 Å². The summed E-state index contributed by atoms with van der Waals surface area (Å²) in [5, 5.41) is 9.50. The van der Waals surface area contributed by atoms with E-state index in [1.54, 1.807) is 17.9 Å². The van der Waals surface area contributed by atoms with Gasteiger partial charge in [-0.1, -0.05) is 0 Å². The number of hydrogen-bond donors (Lipinski definition) is 1. The number of fused-ring (bicyclic) bond motifs is 1. The molecule has 6 heteroatoms. The zero-order chi connectivity index (χ0) is 14.3. The lowest BCUT2D eigenvalue weighted by Crippen LogP contribution is -2.40. The number of carbonyl (C=O) groups is 1. The van der Waals surface area contributed by atoms with E-state index in [-0.39, 0.29) is 12.0 Å². The fourth-order valence-corrected chi connectivity index (χ4v) is 2.61. The number of halogens is 1.